The first kappa shape index (κ1) is 20.2. The minimum Gasteiger partial charge on any atom is -0.364 e. The van der Waals surface area contributed by atoms with E-state index in [4.69, 9.17) is 4.98 Å². The Balaban J connectivity index is 1.47. The van der Waals surface area contributed by atoms with Crippen molar-refractivity contribution in [3.05, 3.63) is 6.33 Å². The lowest BCUT2D eigenvalue weighted by Gasteiger charge is -2.17. The predicted octanol–water partition coefficient (Wildman–Crippen LogP) is 0.0904. The fraction of sp³-hybridized carbons (Fsp3) is 0.667. The summed E-state index contributed by atoms with van der Waals surface area (Å²) in [6, 6.07) is 0.107. The normalized spacial score (nSPS) is 27.1. The molecule has 168 valence electrons. The summed E-state index contributed by atoms with van der Waals surface area (Å²) in [5.74, 6) is 1.05. The van der Waals surface area contributed by atoms with E-state index in [1.807, 2.05) is 0 Å². The van der Waals surface area contributed by atoms with E-state index < -0.39 is 10.0 Å². The van der Waals surface area contributed by atoms with Crippen molar-refractivity contribution in [1.29, 1.82) is 0 Å². The van der Waals surface area contributed by atoms with Crippen LogP contribution in [0.15, 0.2) is 6.33 Å². The first-order valence-electron chi connectivity index (χ1n) is 10.6. The summed E-state index contributed by atoms with van der Waals surface area (Å²) in [6.07, 6.45) is 6.38. The van der Waals surface area contributed by atoms with E-state index >= 15 is 0 Å². The Labute approximate surface area is 180 Å². The van der Waals surface area contributed by atoms with Crippen molar-refractivity contribution in [1.82, 2.24) is 34.5 Å². The third-order valence-electron chi connectivity index (χ3n) is 6.21. The molecule has 4 bridgehead atoms. The molecule has 1 aliphatic carbocycles. The zero-order chi connectivity index (χ0) is 21.6. The molecule has 3 aliphatic rings. The van der Waals surface area contributed by atoms with E-state index in [1.54, 1.807) is 6.33 Å². The topological polar surface area (TPSA) is 146 Å². The molecule has 12 nitrogen and oxygen atoms in total. The summed E-state index contributed by atoms with van der Waals surface area (Å²) in [6.45, 7) is 1.81. The maximum absolute atomic E-state index is 12.1. The number of amides is 2. The van der Waals surface area contributed by atoms with Crippen molar-refractivity contribution < 1.29 is 13.2 Å². The van der Waals surface area contributed by atoms with Crippen LogP contribution in [0, 0.1) is 0 Å². The fourth-order valence-corrected chi connectivity index (χ4v) is 5.52. The molecule has 4 heterocycles. The van der Waals surface area contributed by atoms with Gasteiger partial charge in [0.05, 0.1) is 12.6 Å². The number of anilines is 2. The molecule has 0 radical (unpaired) electrons. The van der Waals surface area contributed by atoms with Crippen LogP contribution in [0.4, 0.5) is 16.6 Å². The summed E-state index contributed by atoms with van der Waals surface area (Å²) in [4.78, 5) is 26.0. The Hall–Kier alpha value is -2.67. The van der Waals surface area contributed by atoms with Crippen LogP contribution in [-0.4, -0.2) is 82.8 Å². The van der Waals surface area contributed by atoms with Gasteiger partial charge in [0.1, 0.15) is 0 Å². The number of imidazole rings is 1. The van der Waals surface area contributed by atoms with Crippen molar-refractivity contribution in [3.63, 3.8) is 0 Å². The van der Waals surface area contributed by atoms with Crippen LogP contribution in [0.2, 0.25) is 0 Å². The highest BCUT2D eigenvalue weighted by Gasteiger charge is 2.31. The number of nitrogens with one attached hydrogen (secondary N) is 4. The number of carbonyl (C=O) groups is 1. The highest BCUT2D eigenvalue weighted by molar-refractivity contribution is 7.88. The van der Waals surface area contributed by atoms with Gasteiger partial charge in [-0.2, -0.15) is 9.97 Å². The third-order valence-corrected chi connectivity index (χ3v) is 7.48. The minimum atomic E-state index is -3.22. The zero-order valence-corrected chi connectivity index (χ0v) is 18.2. The molecule has 0 unspecified atom stereocenters. The van der Waals surface area contributed by atoms with Crippen LogP contribution in [0.1, 0.15) is 31.7 Å². The van der Waals surface area contributed by atoms with Gasteiger partial charge >= 0.3 is 6.03 Å². The van der Waals surface area contributed by atoms with Crippen LogP contribution in [0.25, 0.3) is 11.2 Å². The van der Waals surface area contributed by atoms with Crippen molar-refractivity contribution in [2.75, 3.05) is 43.1 Å². The highest BCUT2D eigenvalue weighted by Crippen LogP contribution is 2.34. The Morgan fingerprint density at radius 2 is 2.00 bits per heavy atom. The molecule has 2 aromatic rings. The number of hydrogen-bond acceptors (Lipinski definition) is 8. The molecule has 31 heavy (non-hydrogen) atoms. The molecular weight excluding hydrogens is 422 g/mol. The second kappa shape index (κ2) is 7.79. The standard InChI is InChI=1S/C18H27N9O3S/c1-31(29,30)26-7-4-12(9-26)22-15-14-16-25-17(24-15)19-5-6-20-18(28)23-11-2-3-13(8-11)27(16)10-21-14/h10-13H,2-9H2,1H3,(H2,20,23,28)(H2,19,22,24,25)/t11-,12-,13+/m0/s1. The van der Waals surface area contributed by atoms with E-state index in [1.165, 1.54) is 10.6 Å². The summed E-state index contributed by atoms with van der Waals surface area (Å²) in [7, 11) is -3.22. The van der Waals surface area contributed by atoms with Crippen molar-refractivity contribution >= 4 is 39.0 Å². The molecular formula is C18H27N9O3S. The average Bonchev–Trinajstić information content (AvgIpc) is 3.43. The first-order chi connectivity index (χ1) is 14.9. The Kier molecular flexibility index (Phi) is 5.08. The van der Waals surface area contributed by atoms with Gasteiger partial charge in [-0.05, 0) is 25.7 Å². The molecule has 13 heteroatoms. The zero-order valence-electron chi connectivity index (χ0n) is 17.3. The monoisotopic (exact) mass is 449 g/mol. The van der Waals surface area contributed by atoms with Crippen LogP contribution >= 0.6 is 0 Å². The number of aromatic nitrogens is 4. The third kappa shape index (κ3) is 4.11. The van der Waals surface area contributed by atoms with Crippen LogP contribution in [0.3, 0.4) is 0 Å². The number of nitrogens with zero attached hydrogens (tertiary/aromatic N) is 5. The molecule has 3 atom stereocenters. The lowest BCUT2D eigenvalue weighted by molar-refractivity contribution is 0.237. The SMILES string of the molecule is CS(=O)(=O)N1CC[C@H](Nc2nc3nc4c2ncn4[C@@H]2CC[C@@H](C2)NC(=O)NCCN3)C1. The van der Waals surface area contributed by atoms with Gasteiger partial charge in [-0.15, -0.1) is 0 Å². The van der Waals surface area contributed by atoms with Gasteiger partial charge in [-0.3, -0.25) is 0 Å². The first-order valence-corrected chi connectivity index (χ1v) is 12.5. The minimum absolute atomic E-state index is 0.0488. The van der Waals surface area contributed by atoms with Crippen molar-refractivity contribution in [2.45, 2.75) is 43.8 Å². The number of hydrogen-bond donors (Lipinski definition) is 4. The Morgan fingerprint density at radius 3 is 2.81 bits per heavy atom. The second-order valence-corrected chi connectivity index (χ2v) is 10.4. The van der Waals surface area contributed by atoms with E-state index in [9.17, 15) is 13.2 Å². The average molecular weight is 450 g/mol. The molecule has 4 N–H and O–H groups in total. The van der Waals surface area contributed by atoms with Gasteiger partial charge in [0.15, 0.2) is 17.0 Å². The van der Waals surface area contributed by atoms with Crippen molar-refractivity contribution in [3.8, 4) is 0 Å². The summed E-state index contributed by atoms with van der Waals surface area (Å²) in [5.41, 5.74) is 1.41. The van der Waals surface area contributed by atoms with Crippen LogP contribution in [0.5, 0.6) is 0 Å². The van der Waals surface area contributed by atoms with Crippen LogP contribution in [-0.2, 0) is 10.0 Å². The van der Waals surface area contributed by atoms with Gasteiger partial charge in [-0.1, -0.05) is 0 Å². The van der Waals surface area contributed by atoms with Gasteiger partial charge in [0.25, 0.3) is 0 Å². The quantitative estimate of drug-likeness (QED) is 0.516. The number of carbonyl (C=O) groups excluding carboxylic acids is 1. The fourth-order valence-electron chi connectivity index (χ4n) is 4.63. The molecule has 0 aromatic carbocycles. The molecule has 2 fully saturated rings. The molecule has 2 amide bonds. The van der Waals surface area contributed by atoms with Crippen molar-refractivity contribution in [2.24, 2.45) is 0 Å². The highest BCUT2D eigenvalue weighted by atomic mass is 32.2. The molecule has 1 saturated carbocycles. The smallest absolute Gasteiger partial charge is 0.315 e. The van der Waals surface area contributed by atoms with E-state index in [-0.39, 0.29) is 24.2 Å². The van der Waals surface area contributed by atoms with E-state index in [2.05, 4.69) is 35.8 Å². The Morgan fingerprint density at radius 1 is 1.16 bits per heavy atom. The number of rotatable bonds is 3. The summed E-state index contributed by atoms with van der Waals surface area (Å²) < 4.78 is 27.3. The molecule has 2 aliphatic heterocycles. The van der Waals surface area contributed by atoms with Gasteiger partial charge in [0.2, 0.25) is 16.0 Å². The number of fused-ring (bicyclic) bond motifs is 4. The van der Waals surface area contributed by atoms with Gasteiger partial charge in [0, 0.05) is 44.3 Å². The maximum Gasteiger partial charge on any atom is 0.315 e. The number of urea groups is 1. The van der Waals surface area contributed by atoms with Crippen LogP contribution < -0.4 is 21.3 Å². The second-order valence-electron chi connectivity index (χ2n) is 8.46. The lowest BCUT2D eigenvalue weighted by atomic mass is 10.2. The number of sulfonamides is 1. The maximum atomic E-state index is 12.1. The predicted molar refractivity (Wildman–Crippen MR) is 115 cm³/mol. The van der Waals surface area contributed by atoms with Gasteiger partial charge < -0.3 is 25.8 Å². The van der Waals surface area contributed by atoms with Gasteiger partial charge in [-0.25, -0.2) is 22.5 Å². The molecule has 2 aromatic heterocycles. The van der Waals surface area contributed by atoms with E-state index in [0.717, 1.165) is 24.9 Å². The Bertz CT molecular complexity index is 1100. The molecule has 0 spiro atoms. The molecule has 1 saturated heterocycles. The summed E-state index contributed by atoms with van der Waals surface area (Å²) >= 11 is 0. The largest absolute Gasteiger partial charge is 0.364 e. The lowest BCUT2D eigenvalue weighted by Crippen LogP contribution is -2.42. The summed E-state index contributed by atoms with van der Waals surface area (Å²) in [5, 5.41) is 12.5. The molecule has 5 rings (SSSR count). The van der Waals surface area contributed by atoms with E-state index in [0.29, 0.717) is 49.9 Å².